The molecule has 0 amide bonds. The second-order valence-corrected chi connectivity index (χ2v) is 24.4. The molecule has 0 aliphatic heterocycles. The summed E-state index contributed by atoms with van der Waals surface area (Å²) in [4.78, 5) is 47.7. The Labute approximate surface area is 554 Å². The first-order chi connectivity index (χ1) is 47.0. The van der Waals surface area contributed by atoms with E-state index in [9.17, 15) is 29.4 Å². The molecule has 2 fully saturated rings. The lowest BCUT2D eigenvalue weighted by atomic mass is 9.60. The van der Waals surface area contributed by atoms with E-state index in [-0.39, 0.29) is 136 Å². The molecule has 0 saturated heterocycles. The van der Waals surface area contributed by atoms with Crippen molar-refractivity contribution in [2.75, 3.05) is 120 Å². The number of aliphatic hydroxyl groups excluding tert-OH is 5. The van der Waals surface area contributed by atoms with Gasteiger partial charge in [0, 0.05) is 80.9 Å². The van der Waals surface area contributed by atoms with Crippen LogP contribution in [-0.2, 0) is 42.9 Å². The number of carbonyl (C=O) groups is 4. The number of carbonyl (C=O) groups excluding carboxylic acids is 4. The van der Waals surface area contributed by atoms with Gasteiger partial charge in [0.25, 0.3) is 0 Å². The minimum atomic E-state index is -0.381. The fraction of sp³-hybridized carbons (Fsp3) is 0.474. The van der Waals surface area contributed by atoms with Crippen LogP contribution in [-0.4, -0.2) is 169 Å². The number of benzene rings is 6. The van der Waals surface area contributed by atoms with E-state index in [1.54, 1.807) is 21.1 Å². The molecule has 14 rings (SSSR count). The van der Waals surface area contributed by atoms with Crippen molar-refractivity contribution in [1.29, 1.82) is 0 Å². The molecule has 6 aromatic carbocycles. The monoisotopic (exact) mass is 1300 g/mol. The van der Waals surface area contributed by atoms with Gasteiger partial charge >= 0.3 is 5.97 Å². The zero-order valence-electron chi connectivity index (χ0n) is 56.5. The van der Waals surface area contributed by atoms with E-state index in [1.165, 1.54) is 51.6 Å². The first-order valence-corrected chi connectivity index (χ1v) is 33.0. The summed E-state index contributed by atoms with van der Waals surface area (Å²) in [5.41, 5.74) is 15.0. The molecule has 94 heavy (non-hydrogen) atoms. The van der Waals surface area contributed by atoms with Gasteiger partial charge in [-0.05, 0) is 127 Å². The topological polar surface area (TPSA) is 252 Å². The number of hydrogen-bond acceptors (Lipinski definition) is 18. The molecule has 8 aliphatic rings. The lowest BCUT2D eigenvalue weighted by Gasteiger charge is -2.43. The van der Waals surface area contributed by atoms with Crippen LogP contribution < -0.4 is 18.9 Å². The minimum Gasteiger partial charge on any atom is -0.491 e. The Kier molecular flexibility index (Phi) is 26.2. The average Bonchev–Trinajstić information content (AvgIpc) is 0.705. The number of Topliss-reactive ketones (excluding diaryl/α,β-unsaturated/α-hetero) is 3. The molecule has 5 N–H and O–H groups in total. The van der Waals surface area contributed by atoms with E-state index in [4.69, 9.17) is 56.2 Å². The standard InChI is InChI=1S/C40H48O8.C24H22O4.C10H16O4.C2H6O2.H2/c1-26(41)27-12-14-28(15-13-27)40(42)29(24-45-20-18-43-2)25-46-21-23-48-35-17-16-34(47-22-19-44-3)38-36-30-8-4-6-10-32(30)37(39(35)38)33-11-7-5-9-31(33)36;25-11-13-27-19-9-10-20(28-14-12-26)24-22-16-6-2-1-5-15(16)21(23(19)24)17-7-3-4-8-18(17)22;1-14-10(13)8-4-2-7(3-5-8)9(12)6-11;3-1-2-4;/h4-11,16-17,27-29,36-37H,12-15,18-25H2,1-3H3;1-10,21-22,25-26H,11-14H2;7-8,11H,2-6H2,1H3;3-4H,1-2H2;1H/i;;;;1+2D. The third kappa shape index (κ3) is 16.3. The molecule has 1 unspecified atom stereocenters. The lowest BCUT2D eigenvalue weighted by molar-refractivity contribution is -0.147. The number of esters is 1. The maximum Gasteiger partial charge on any atom is 0.308 e. The van der Waals surface area contributed by atoms with Gasteiger partial charge in [0.1, 0.15) is 67.6 Å². The Morgan fingerprint density at radius 3 is 1.04 bits per heavy atom. The molecular formula is C76H94O18. The summed E-state index contributed by atoms with van der Waals surface area (Å²) in [7, 11) is 4.69. The molecule has 18 nitrogen and oxygen atoms in total. The Hall–Kier alpha value is -7.36. The quantitative estimate of drug-likeness (QED) is 0.0226. The zero-order valence-corrected chi connectivity index (χ0v) is 54.5. The summed E-state index contributed by atoms with van der Waals surface area (Å²) >= 11 is 0. The summed E-state index contributed by atoms with van der Waals surface area (Å²) in [5.74, 6) is 3.12. The fourth-order valence-electron chi connectivity index (χ4n) is 14.6. The molecule has 0 heterocycles. The maximum atomic E-state index is 13.6. The van der Waals surface area contributed by atoms with Crippen molar-refractivity contribution < 1.29 is 90.3 Å². The summed E-state index contributed by atoms with van der Waals surface area (Å²) in [6.45, 7) is 4.55. The fourth-order valence-corrected chi connectivity index (χ4v) is 14.6. The van der Waals surface area contributed by atoms with Crippen molar-refractivity contribution in [2.45, 2.75) is 82.0 Å². The summed E-state index contributed by atoms with van der Waals surface area (Å²) < 4.78 is 61.6. The number of rotatable bonds is 28. The van der Waals surface area contributed by atoms with Gasteiger partial charge in [-0.2, -0.15) is 0 Å². The van der Waals surface area contributed by atoms with Crippen LogP contribution in [0.4, 0.5) is 0 Å². The van der Waals surface area contributed by atoms with Crippen molar-refractivity contribution in [1.82, 2.24) is 0 Å². The van der Waals surface area contributed by atoms with Gasteiger partial charge in [-0.15, -0.1) is 0 Å². The van der Waals surface area contributed by atoms with Gasteiger partial charge < -0.3 is 68.2 Å². The van der Waals surface area contributed by atoms with Crippen LogP contribution in [0.3, 0.4) is 0 Å². The van der Waals surface area contributed by atoms with Crippen LogP contribution in [0.1, 0.15) is 152 Å². The Bertz CT molecular complexity index is 3270. The van der Waals surface area contributed by atoms with E-state index in [0.29, 0.717) is 65.3 Å². The highest BCUT2D eigenvalue weighted by Gasteiger charge is 2.46. The second kappa shape index (κ2) is 35.4. The number of methoxy groups -OCH3 is 3. The van der Waals surface area contributed by atoms with Crippen molar-refractivity contribution in [2.24, 2.45) is 29.6 Å². The second-order valence-electron chi connectivity index (χ2n) is 24.4. The highest BCUT2D eigenvalue weighted by atomic mass is 16.5. The third-order valence-electron chi connectivity index (χ3n) is 18.9. The molecule has 6 aromatic rings. The number of ether oxygens (including phenoxy) is 9. The van der Waals surface area contributed by atoms with E-state index in [1.807, 2.05) is 24.3 Å². The summed E-state index contributed by atoms with van der Waals surface area (Å²) in [5, 5.41) is 42.5. The lowest BCUT2D eigenvalue weighted by Crippen LogP contribution is -2.34. The molecule has 0 radical (unpaired) electrons. The Balaban J connectivity index is 0.000000205. The molecule has 2 saturated carbocycles. The van der Waals surface area contributed by atoms with Gasteiger partial charge in [-0.1, -0.05) is 97.1 Å². The predicted molar refractivity (Wildman–Crippen MR) is 354 cm³/mol. The van der Waals surface area contributed by atoms with E-state index >= 15 is 0 Å². The van der Waals surface area contributed by atoms with Crippen LogP contribution in [0.15, 0.2) is 121 Å². The van der Waals surface area contributed by atoms with E-state index in [2.05, 4.69) is 102 Å². The van der Waals surface area contributed by atoms with E-state index < -0.39 is 0 Å². The average molecular weight is 1300 g/mol. The van der Waals surface area contributed by atoms with Gasteiger partial charge in [-0.3, -0.25) is 19.2 Å². The summed E-state index contributed by atoms with van der Waals surface area (Å²) in [6.07, 6.45) is 5.81. The molecule has 506 valence electrons. The number of aliphatic hydroxyl groups is 5. The number of hydrogen-bond donors (Lipinski definition) is 5. The van der Waals surface area contributed by atoms with Crippen molar-refractivity contribution >= 4 is 23.3 Å². The van der Waals surface area contributed by atoms with Crippen molar-refractivity contribution in [3.8, 4) is 23.0 Å². The molecule has 0 spiro atoms. The highest BCUT2D eigenvalue weighted by molar-refractivity contribution is 5.85. The van der Waals surface area contributed by atoms with E-state index in [0.717, 1.165) is 70.9 Å². The predicted octanol–water partition coefficient (Wildman–Crippen LogP) is 9.50. The van der Waals surface area contributed by atoms with Crippen molar-refractivity contribution in [3.63, 3.8) is 0 Å². The van der Waals surface area contributed by atoms with Gasteiger partial charge in [-0.25, -0.2) is 0 Å². The SMILES string of the molecule is COC(=O)C1CCC(C(=O)CO)CC1.COCCOCC(COCCOc1ccc(OCCOC)c2c1C1c3ccccc3C2c2ccccc21)C(=O)C1CCC(C(C)=O)CC1.OCCO.OCCOc1ccc(OCCO)c2c1C1c3ccccc3C2c2ccccc21.[2H][3H]. The first-order valence-electron chi connectivity index (χ1n) is 34.0. The molecule has 0 aromatic heterocycles. The largest absolute Gasteiger partial charge is 0.491 e. The zero-order chi connectivity index (χ0) is 68.5. The third-order valence-corrected chi connectivity index (χ3v) is 18.9. The highest BCUT2D eigenvalue weighted by Crippen LogP contribution is 2.62. The van der Waals surface area contributed by atoms with Crippen LogP contribution in [0, 0.1) is 29.6 Å². The van der Waals surface area contributed by atoms with Gasteiger partial charge in [0.2, 0.25) is 0 Å². The van der Waals surface area contributed by atoms with Crippen LogP contribution in [0.2, 0.25) is 0 Å². The Morgan fingerprint density at radius 2 is 0.723 bits per heavy atom. The van der Waals surface area contributed by atoms with Gasteiger partial charge in [0.15, 0.2) is 5.78 Å². The van der Waals surface area contributed by atoms with Crippen LogP contribution in [0.5, 0.6) is 23.0 Å². The Morgan fingerprint density at radius 1 is 0.415 bits per heavy atom. The molecular weight excluding hydrogens is 1200 g/mol. The summed E-state index contributed by atoms with van der Waals surface area (Å²) in [6, 6.07) is 42.4. The molecule has 4 bridgehead atoms. The smallest absolute Gasteiger partial charge is 0.308 e. The van der Waals surface area contributed by atoms with Crippen LogP contribution in [0.25, 0.3) is 0 Å². The van der Waals surface area contributed by atoms with Crippen molar-refractivity contribution in [3.05, 3.63) is 188 Å². The molecule has 8 aliphatic carbocycles. The van der Waals surface area contributed by atoms with Crippen LogP contribution >= 0.6 is 0 Å². The maximum absolute atomic E-state index is 13.6. The minimum absolute atomic E-state index is 0.0290. The molecule has 1 atom stereocenters. The first kappa shape index (κ1) is 69.5. The van der Waals surface area contributed by atoms with Gasteiger partial charge in [0.05, 0.1) is 85.0 Å². The molecule has 18 heteroatoms. The number of ketones is 3. The normalized spacial score (nSPS) is 20.6.